The van der Waals surface area contributed by atoms with E-state index in [9.17, 15) is 4.79 Å². The van der Waals surface area contributed by atoms with Crippen molar-refractivity contribution in [3.8, 4) is 0 Å². The molecule has 5 rings (SSSR count). The van der Waals surface area contributed by atoms with Gasteiger partial charge in [-0.05, 0) is 49.2 Å². The maximum atomic E-state index is 12.8. The molecule has 2 aromatic carbocycles. The van der Waals surface area contributed by atoms with Gasteiger partial charge in [0, 0.05) is 49.2 Å². The number of fused-ring (bicyclic) bond motifs is 1. The molecule has 3 heterocycles. The van der Waals surface area contributed by atoms with Crippen LogP contribution in [0.4, 0.5) is 0 Å². The molecule has 0 spiro atoms. The fourth-order valence-corrected chi connectivity index (χ4v) is 5.57. The summed E-state index contributed by atoms with van der Waals surface area (Å²) in [7, 11) is 0. The number of carbonyl (C=O) groups excluding carboxylic acids is 1. The van der Waals surface area contributed by atoms with Crippen LogP contribution in [0.2, 0.25) is 5.02 Å². The largest absolute Gasteiger partial charge is 0.340 e. The lowest BCUT2D eigenvalue weighted by molar-refractivity contribution is -0.129. The van der Waals surface area contributed by atoms with Gasteiger partial charge in [-0.1, -0.05) is 54.1 Å². The predicted octanol–water partition coefficient (Wildman–Crippen LogP) is 3.69. The molecule has 2 aromatic rings. The highest BCUT2D eigenvalue weighted by atomic mass is 35.5. The minimum atomic E-state index is 0.254. The van der Waals surface area contributed by atoms with E-state index in [1.165, 1.54) is 38.0 Å². The number of likely N-dealkylation sites (tertiary alicyclic amines) is 3. The second-order valence-electron chi connectivity index (χ2n) is 9.12. The zero-order chi connectivity index (χ0) is 20.5. The zero-order valence-electron chi connectivity index (χ0n) is 17.4. The Morgan fingerprint density at radius 2 is 1.63 bits per heavy atom. The molecule has 4 nitrogen and oxygen atoms in total. The van der Waals surface area contributed by atoms with Crippen molar-refractivity contribution in [2.45, 2.75) is 37.9 Å². The van der Waals surface area contributed by atoms with Gasteiger partial charge >= 0.3 is 0 Å². The molecule has 3 fully saturated rings. The Bertz CT molecular complexity index is 864. The van der Waals surface area contributed by atoms with E-state index >= 15 is 0 Å². The van der Waals surface area contributed by atoms with Crippen molar-refractivity contribution in [3.05, 3.63) is 70.7 Å². The third-order valence-electron chi connectivity index (χ3n) is 7.17. The summed E-state index contributed by atoms with van der Waals surface area (Å²) in [6, 6.07) is 19.7. The number of halogens is 1. The second kappa shape index (κ2) is 8.70. The number of hydrogen-bond acceptors (Lipinski definition) is 3. The molecule has 0 unspecified atom stereocenters. The molecule has 0 aliphatic carbocycles. The van der Waals surface area contributed by atoms with Crippen LogP contribution in [0.5, 0.6) is 0 Å². The summed E-state index contributed by atoms with van der Waals surface area (Å²) in [5.41, 5.74) is 2.46. The average molecular weight is 424 g/mol. The van der Waals surface area contributed by atoms with Gasteiger partial charge in [0.2, 0.25) is 5.91 Å². The molecule has 0 N–H and O–H groups in total. The van der Waals surface area contributed by atoms with E-state index in [0.717, 1.165) is 30.2 Å². The van der Waals surface area contributed by atoms with Gasteiger partial charge in [0.1, 0.15) is 0 Å². The first-order valence-corrected chi connectivity index (χ1v) is 11.6. The van der Waals surface area contributed by atoms with E-state index in [2.05, 4.69) is 45.0 Å². The van der Waals surface area contributed by atoms with Crippen molar-refractivity contribution in [2.24, 2.45) is 5.92 Å². The van der Waals surface area contributed by atoms with Gasteiger partial charge < -0.3 is 4.90 Å². The number of piperidine rings is 1. The summed E-state index contributed by atoms with van der Waals surface area (Å²) in [6.07, 6.45) is 2.97. The molecule has 158 valence electrons. The summed E-state index contributed by atoms with van der Waals surface area (Å²) in [5, 5.41) is 0.718. The number of carbonyl (C=O) groups is 1. The molecule has 0 aromatic heterocycles. The van der Waals surface area contributed by atoms with E-state index in [0.29, 0.717) is 24.4 Å². The van der Waals surface area contributed by atoms with Gasteiger partial charge in [0.05, 0.1) is 6.42 Å². The van der Waals surface area contributed by atoms with Crippen LogP contribution in [0.25, 0.3) is 0 Å². The topological polar surface area (TPSA) is 26.8 Å². The Morgan fingerprint density at radius 1 is 0.900 bits per heavy atom. The standard InChI is InChI=1S/C25H30ClN3O/c26-22-8-6-19(7-9-22)14-25(30)28-16-21-17-29(24(21)18-28)23-10-12-27(13-11-23)15-20-4-2-1-3-5-20/h1-9,21,23-24H,10-18H2/t21-,24-/m1/s1. The molecule has 3 aliphatic rings. The van der Waals surface area contributed by atoms with Crippen molar-refractivity contribution in [1.29, 1.82) is 0 Å². The van der Waals surface area contributed by atoms with E-state index < -0.39 is 0 Å². The number of amides is 1. The molecule has 0 bridgehead atoms. The molecule has 3 saturated heterocycles. The summed E-state index contributed by atoms with van der Waals surface area (Å²) in [6.45, 7) is 6.41. The molecule has 2 atom stereocenters. The van der Waals surface area contributed by atoms with Crippen molar-refractivity contribution in [3.63, 3.8) is 0 Å². The van der Waals surface area contributed by atoms with Crippen molar-refractivity contribution in [1.82, 2.24) is 14.7 Å². The number of hydrogen-bond donors (Lipinski definition) is 0. The lowest BCUT2D eigenvalue weighted by atomic mass is 9.87. The lowest BCUT2D eigenvalue weighted by Gasteiger charge is -2.50. The highest BCUT2D eigenvalue weighted by Gasteiger charge is 2.49. The minimum absolute atomic E-state index is 0.254. The molecule has 3 aliphatic heterocycles. The third kappa shape index (κ3) is 4.27. The molecular weight excluding hydrogens is 394 g/mol. The van der Waals surface area contributed by atoms with Gasteiger partial charge in [0.15, 0.2) is 0 Å². The molecule has 0 radical (unpaired) electrons. The van der Waals surface area contributed by atoms with E-state index in [1.54, 1.807) is 0 Å². The number of rotatable bonds is 5. The number of benzene rings is 2. The van der Waals surface area contributed by atoms with Gasteiger partial charge in [0.25, 0.3) is 0 Å². The Labute approximate surface area is 184 Å². The van der Waals surface area contributed by atoms with Crippen LogP contribution in [-0.4, -0.2) is 65.4 Å². The predicted molar refractivity (Wildman–Crippen MR) is 120 cm³/mol. The van der Waals surface area contributed by atoms with Gasteiger partial charge in [-0.3, -0.25) is 14.6 Å². The summed E-state index contributed by atoms with van der Waals surface area (Å²) in [5.74, 6) is 0.922. The Morgan fingerprint density at radius 3 is 2.37 bits per heavy atom. The minimum Gasteiger partial charge on any atom is -0.340 e. The van der Waals surface area contributed by atoms with E-state index in [-0.39, 0.29) is 5.91 Å². The highest BCUT2D eigenvalue weighted by Crippen LogP contribution is 2.36. The summed E-state index contributed by atoms with van der Waals surface area (Å²) >= 11 is 5.96. The van der Waals surface area contributed by atoms with Crippen LogP contribution in [0, 0.1) is 5.92 Å². The Balaban J connectivity index is 1.10. The molecule has 5 heteroatoms. The maximum Gasteiger partial charge on any atom is 0.227 e. The van der Waals surface area contributed by atoms with Crippen LogP contribution < -0.4 is 0 Å². The highest BCUT2D eigenvalue weighted by molar-refractivity contribution is 6.30. The van der Waals surface area contributed by atoms with Crippen LogP contribution in [0.1, 0.15) is 24.0 Å². The first kappa shape index (κ1) is 20.0. The molecule has 1 amide bonds. The fourth-order valence-electron chi connectivity index (χ4n) is 5.44. The third-order valence-corrected chi connectivity index (χ3v) is 7.43. The monoisotopic (exact) mass is 423 g/mol. The van der Waals surface area contributed by atoms with Crippen LogP contribution in [0.15, 0.2) is 54.6 Å². The summed E-state index contributed by atoms with van der Waals surface area (Å²) in [4.78, 5) is 20.2. The molecule has 0 saturated carbocycles. The second-order valence-corrected chi connectivity index (χ2v) is 9.56. The smallest absolute Gasteiger partial charge is 0.227 e. The average Bonchev–Trinajstić information content (AvgIpc) is 3.08. The van der Waals surface area contributed by atoms with Gasteiger partial charge in [-0.15, -0.1) is 0 Å². The number of nitrogens with zero attached hydrogens (tertiary/aromatic N) is 3. The van der Waals surface area contributed by atoms with Gasteiger partial charge in [-0.2, -0.15) is 0 Å². The van der Waals surface area contributed by atoms with Crippen molar-refractivity contribution in [2.75, 3.05) is 32.7 Å². The first-order chi connectivity index (χ1) is 14.7. The van der Waals surface area contributed by atoms with E-state index in [4.69, 9.17) is 11.6 Å². The lowest BCUT2D eigenvalue weighted by Crippen LogP contribution is -2.61. The normalized spacial score (nSPS) is 25.2. The Hall–Kier alpha value is -1.88. The fraction of sp³-hybridized carbons (Fsp3) is 0.480. The van der Waals surface area contributed by atoms with Crippen LogP contribution in [-0.2, 0) is 17.8 Å². The zero-order valence-corrected chi connectivity index (χ0v) is 18.2. The molecular formula is C25H30ClN3O. The Kier molecular flexibility index (Phi) is 5.81. The SMILES string of the molecule is O=C(Cc1ccc(Cl)cc1)N1C[C@@H]2CN(C3CCN(Cc4ccccc4)CC3)[C@@H]2C1. The van der Waals surface area contributed by atoms with Crippen LogP contribution >= 0.6 is 11.6 Å². The quantitative estimate of drug-likeness (QED) is 0.733. The molecule has 30 heavy (non-hydrogen) atoms. The first-order valence-electron chi connectivity index (χ1n) is 11.2. The van der Waals surface area contributed by atoms with Crippen molar-refractivity contribution >= 4 is 17.5 Å². The van der Waals surface area contributed by atoms with Gasteiger partial charge in [-0.25, -0.2) is 0 Å². The maximum absolute atomic E-state index is 12.8. The summed E-state index contributed by atoms with van der Waals surface area (Å²) < 4.78 is 0. The van der Waals surface area contributed by atoms with Crippen LogP contribution in [0.3, 0.4) is 0 Å². The van der Waals surface area contributed by atoms with E-state index in [1.807, 2.05) is 24.3 Å². The van der Waals surface area contributed by atoms with Crippen molar-refractivity contribution < 1.29 is 4.79 Å².